The van der Waals surface area contributed by atoms with Gasteiger partial charge >= 0.3 is 5.97 Å². The molecule has 2 aromatic rings. The van der Waals surface area contributed by atoms with E-state index in [1.807, 2.05) is 28.8 Å². The highest BCUT2D eigenvalue weighted by Gasteiger charge is 2.21. The van der Waals surface area contributed by atoms with Gasteiger partial charge in [0.15, 0.2) is 0 Å². The number of rotatable bonds is 5. The summed E-state index contributed by atoms with van der Waals surface area (Å²) in [6, 6.07) is 7.86. The first-order valence-corrected chi connectivity index (χ1v) is 6.92. The first kappa shape index (κ1) is 14.1. The summed E-state index contributed by atoms with van der Waals surface area (Å²) < 4.78 is 12.9. The largest absolute Gasteiger partial charge is 0.461 e. The van der Waals surface area contributed by atoms with Crippen LogP contribution >= 0.6 is 15.9 Å². The number of fused-ring (bicyclic) bond motifs is 1. The van der Waals surface area contributed by atoms with Crippen molar-refractivity contribution in [2.24, 2.45) is 0 Å². The van der Waals surface area contributed by atoms with Crippen LogP contribution in [0.1, 0.15) is 17.4 Å². The van der Waals surface area contributed by atoms with Gasteiger partial charge in [-0.15, -0.1) is 0 Å². The van der Waals surface area contributed by atoms with Crippen molar-refractivity contribution < 1.29 is 14.3 Å². The maximum Gasteiger partial charge on any atom is 0.356 e. The van der Waals surface area contributed by atoms with Crippen LogP contribution in [0.2, 0.25) is 0 Å². The molecule has 1 aromatic carbocycles. The van der Waals surface area contributed by atoms with Gasteiger partial charge in [-0.1, -0.05) is 18.2 Å². The molecule has 4 nitrogen and oxygen atoms in total. The van der Waals surface area contributed by atoms with Crippen molar-refractivity contribution in [3.8, 4) is 0 Å². The zero-order chi connectivity index (χ0) is 13.8. The minimum atomic E-state index is -0.318. The van der Waals surface area contributed by atoms with E-state index >= 15 is 0 Å². The van der Waals surface area contributed by atoms with Crippen molar-refractivity contribution in [2.45, 2.75) is 13.5 Å². The third-order valence-corrected chi connectivity index (χ3v) is 3.70. The molecule has 0 bridgehead atoms. The third kappa shape index (κ3) is 2.67. The van der Waals surface area contributed by atoms with E-state index in [0.29, 0.717) is 25.5 Å². The number of methoxy groups -OCH3 is 1. The monoisotopic (exact) mass is 325 g/mol. The Labute approximate surface area is 120 Å². The standard InChI is InChI=1S/C14H16BrNO3/c1-3-19-14(17)13-12(15)10-6-4-5-7-11(10)16(13)8-9-18-2/h4-7H,3,8-9H2,1-2H3. The maximum atomic E-state index is 12.1. The molecule has 0 amide bonds. The van der Waals surface area contributed by atoms with Crippen LogP contribution < -0.4 is 0 Å². The molecule has 0 aliphatic heterocycles. The molecule has 0 aliphatic carbocycles. The second-order valence-corrected chi connectivity index (χ2v) is 4.84. The van der Waals surface area contributed by atoms with Gasteiger partial charge in [-0.3, -0.25) is 0 Å². The Balaban J connectivity index is 2.58. The molecule has 102 valence electrons. The van der Waals surface area contributed by atoms with Gasteiger partial charge < -0.3 is 14.0 Å². The molecular formula is C14H16BrNO3. The van der Waals surface area contributed by atoms with Crippen LogP contribution in [0.5, 0.6) is 0 Å². The zero-order valence-electron chi connectivity index (χ0n) is 11.0. The molecule has 5 heteroatoms. The lowest BCUT2D eigenvalue weighted by atomic mass is 10.2. The molecule has 0 saturated heterocycles. The minimum Gasteiger partial charge on any atom is -0.461 e. The van der Waals surface area contributed by atoms with Crippen LogP contribution in [-0.2, 0) is 16.0 Å². The van der Waals surface area contributed by atoms with E-state index in [-0.39, 0.29) is 5.97 Å². The fourth-order valence-electron chi connectivity index (χ4n) is 2.08. The topological polar surface area (TPSA) is 40.5 Å². The molecule has 0 fully saturated rings. The molecule has 19 heavy (non-hydrogen) atoms. The molecule has 0 N–H and O–H groups in total. The number of hydrogen-bond donors (Lipinski definition) is 0. The summed E-state index contributed by atoms with van der Waals surface area (Å²) in [5, 5.41) is 1.00. The zero-order valence-corrected chi connectivity index (χ0v) is 12.6. The van der Waals surface area contributed by atoms with E-state index in [0.717, 1.165) is 15.4 Å². The summed E-state index contributed by atoms with van der Waals surface area (Å²) in [6.07, 6.45) is 0. The van der Waals surface area contributed by atoms with Gasteiger partial charge in [0.1, 0.15) is 5.69 Å². The predicted molar refractivity (Wildman–Crippen MR) is 77.5 cm³/mol. The number of benzene rings is 1. The Bertz CT molecular complexity index is 592. The van der Waals surface area contributed by atoms with Gasteiger partial charge in [-0.2, -0.15) is 0 Å². The molecule has 1 aromatic heterocycles. The highest BCUT2D eigenvalue weighted by atomic mass is 79.9. The highest BCUT2D eigenvalue weighted by molar-refractivity contribution is 9.10. The van der Waals surface area contributed by atoms with E-state index < -0.39 is 0 Å². The quantitative estimate of drug-likeness (QED) is 0.792. The van der Waals surface area contributed by atoms with Crippen molar-refractivity contribution >= 4 is 32.8 Å². The molecule has 0 saturated carbocycles. The van der Waals surface area contributed by atoms with E-state index in [1.165, 1.54) is 0 Å². The van der Waals surface area contributed by atoms with Crippen molar-refractivity contribution in [3.63, 3.8) is 0 Å². The molecule has 0 radical (unpaired) electrons. The number of para-hydroxylation sites is 1. The van der Waals surface area contributed by atoms with Crippen LogP contribution in [0.25, 0.3) is 10.9 Å². The van der Waals surface area contributed by atoms with Crippen molar-refractivity contribution in [1.29, 1.82) is 0 Å². The lowest BCUT2D eigenvalue weighted by molar-refractivity contribution is 0.0511. The van der Waals surface area contributed by atoms with E-state index in [4.69, 9.17) is 9.47 Å². The van der Waals surface area contributed by atoms with Gasteiger partial charge in [-0.05, 0) is 28.9 Å². The van der Waals surface area contributed by atoms with Gasteiger partial charge in [-0.25, -0.2) is 4.79 Å². The van der Waals surface area contributed by atoms with Crippen LogP contribution in [0.4, 0.5) is 0 Å². The Hall–Kier alpha value is -1.33. The van der Waals surface area contributed by atoms with E-state index in [2.05, 4.69) is 15.9 Å². The maximum absolute atomic E-state index is 12.1. The highest BCUT2D eigenvalue weighted by Crippen LogP contribution is 2.31. The number of nitrogens with zero attached hydrogens (tertiary/aromatic N) is 1. The van der Waals surface area contributed by atoms with Crippen LogP contribution in [0.3, 0.4) is 0 Å². The van der Waals surface area contributed by atoms with Crippen molar-refractivity contribution in [1.82, 2.24) is 4.57 Å². The number of halogens is 1. The molecule has 0 aliphatic rings. The third-order valence-electron chi connectivity index (χ3n) is 2.90. The fourth-order valence-corrected chi connectivity index (χ4v) is 2.79. The molecular weight excluding hydrogens is 310 g/mol. The Morgan fingerprint density at radius 3 is 2.79 bits per heavy atom. The summed E-state index contributed by atoms with van der Waals surface area (Å²) in [7, 11) is 1.64. The van der Waals surface area contributed by atoms with Gasteiger partial charge in [0.25, 0.3) is 0 Å². The van der Waals surface area contributed by atoms with Gasteiger partial charge in [0, 0.05) is 24.6 Å². The van der Waals surface area contributed by atoms with E-state index in [1.54, 1.807) is 14.0 Å². The molecule has 0 unspecified atom stereocenters. The summed E-state index contributed by atoms with van der Waals surface area (Å²) >= 11 is 3.50. The van der Waals surface area contributed by atoms with Crippen LogP contribution in [0, 0.1) is 0 Å². The summed E-state index contributed by atoms with van der Waals surface area (Å²) in [5.41, 5.74) is 1.54. The normalized spacial score (nSPS) is 10.9. The average molecular weight is 326 g/mol. The van der Waals surface area contributed by atoms with Crippen molar-refractivity contribution in [3.05, 3.63) is 34.4 Å². The summed E-state index contributed by atoms with van der Waals surface area (Å²) in [5.74, 6) is -0.318. The average Bonchev–Trinajstić information content (AvgIpc) is 2.70. The first-order chi connectivity index (χ1) is 9.20. The Kier molecular flexibility index (Phi) is 4.61. The van der Waals surface area contributed by atoms with Crippen LogP contribution in [0.15, 0.2) is 28.7 Å². The smallest absolute Gasteiger partial charge is 0.356 e. The molecule has 2 rings (SSSR count). The molecule has 1 heterocycles. The van der Waals surface area contributed by atoms with Crippen LogP contribution in [-0.4, -0.2) is 30.9 Å². The second-order valence-electron chi connectivity index (χ2n) is 4.04. The fraction of sp³-hybridized carbons (Fsp3) is 0.357. The Morgan fingerprint density at radius 1 is 1.37 bits per heavy atom. The predicted octanol–water partition coefficient (Wildman–Crippen LogP) is 3.23. The SMILES string of the molecule is CCOC(=O)c1c(Br)c2ccccc2n1CCOC. The number of ether oxygens (including phenoxy) is 2. The number of carbonyl (C=O) groups excluding carboxylic acids is 1. The number of aromatic nitrogens is 1. The van der Waals surface area contributed by atoms with E-state index in [9.17, 15) is 4.79 Å². The summed E-state index contributed by atoms with van der Waals surface area (Å²) in [4.78, 5) is 12.1. The number of esters is 1. The lowest BCUT2D eigenvalue weighted by Crippen LogP contribution is -2.15. The van der Waals surface area contributed by atoms with Gasteiger partial charge in [0.2, 0.25) is 0 Å². The molecule has 0 spiro atoms. The lowest BCUT2D eigenvalue weighted by Gasteiger charge is -2.09. The van der Waals surface area contributed by atoms with Crippen molar-refractivity contribution in [2.75, 3.05) is 20.3 Å². The second kappa shape index (κ2) is 6.21. The minimum absolute atomic E-state index is 0.318. The number of carbonyl (C=O) groups is 1. The van der Waals surface area contributed by atoms with Gasteiger partial charge in [0.05, 0.1) is 17.7 Å². The molecule has 0 atom stereocenters. The Morgan fingerprint density at radius 2 is 2.11 bits per heavy atom. The summed E-state index contributed by atoms with van der Waals surface area (Å²) in [6.45, 7) is 3.30. The first-order valence-electron chi connectivity index (χ1n) is 6.13. The number of hydrogen-bond acceptors (Lipinski definition) is 3.